The summed E-state index contributed by atoms with van der Waals surface area (Å²) in [7, 11) is 1.63. The van der Waals surface area contributed by atoms with Gasteiger partial charge in [0.15, 0.2) is 0 Å². The van der Waals surface area contributed by atoms with E-state index in [1.165, 1.54) is 0 Å². The van der Waals surface area contributed by atoms with Gasteiger partial charge < -0.3 is 4.74 Å². The van der Waals surface area contributed by atoms with Gasteiger partial charge in [-0.15, -0.1) is 24.0 Å². The molecule has 0 fully saturated rings. The van der Waals surface area contributed by atoms with Crippen molar-refractivity contribution in [3.05, 3.63) is 0 Å². The molecule has 0 heterocycles. The molecule has 0 N–H and O–H groups in total. The van der Waals surface area contributed by atoms with Gasteiger partial charge in [0, 0.05) is 13.0 Å². The monoisotopic (exact) mass is 130 g/mol. The fourth-order valence-electron chi connectivity index (χ4n) is 0.0772. The molecule has 0 rings (SSSR count). The maximum atomic E-state index is 5.18. The van der Waals surface area contributed by atoms with Crippen LogP contribution in [0.25, 0.3) is 0 Å². The number of methoxy groups -OCH3 is 1. The predicted molar refractivity (Wildman–Crippen MR) is 29.8 cm³/mol. The van der Waals surface area contributed by atoms with E-state index in [4.69, 9.17) is 11.6 Å². The Morgan fingerprint density at radius 2 is 2.17 bits per heavy atom. The quantitative estimate of drug-likeness (QED) is 0.513. The van der Waals surface area contributed by atoms with E-state index < -0.39 is 0 Å². The minimum absolute atomic E-state index is 0. The molecule has 0 aromatic heterocycles. The molecular formula is C3H8Cl2O. The first kappa shape index (κ1) is 9.74. The summed E-state index contributed by atoms with van der Waals surface area (Å²) in [6.45, 7) is 0.654. The molecule has 0 aliphatic carbocycles. The molecule has 0 bridgehead atoms. The van der Waals surface area contributed by atoms with Gasteiger partial charge in [-0.3, -0.25) is 0 Å². The normalized spacial score (nSPS) is 7.00. The standard InChI is InChI=1S/C3H7ClO.ClH/c1-5-3-2-4;/h2-3H2,1H3;1H. The average molecular weight is 131 g/mol. The predicted octanol–water partition coefficient (Wildman–Crippen LogP) is 1.29. The number of ether oxygens (including phenoxy) is 1. The summed E-state index contributed by atoms with van der Waals surface area (Å²) in [5.41, 5.74) is 0. The molecule has 0 atom stereocenters. The lowest BCUT2D eigenvalue weighted by Gasteiger charge is -1.82. The Morgan fingerprint density at radius 1 is 1.67 bits per heavy atom. The van der Waals surface area contributed by atoms with Crippen LogP contribution in [0.5, 0.6) is 0 Å². The van der Waals surface area contributed by atoms with Crippen molar-refractivity contribution in [2.24, 2.45) is 0 Å². The van der Waals surface area contributed by atoms with Crippen LogP contribution in [0.4, 0.5) is 0 Å². The summed E-state index contributed by atoms with van der Waals surface area (Å²) in [6.07, 6.45) is 0. The Kier molecular flexibility index (Phi) is 14.8. The molecule has 0 aliphatic heterocycles. The first-order valence-corrected chi connectivity index (χ1v) is 2.00. The highest BCUT2D eigenvalue weighted by Gasteiger charge is 1.68. The van der Waals surface area contributed by atoms with Gasteiger partial charge in [-0.2, -0.15) is 0 Å². The van der Waals surface area contributed by atoms with E-state index in [-0.39, 0.29) is 12.4 Å². The second-order valence-corrected chi connectivity index (χ2v) is 1.06. The first-order valence-electron chi connectivity index (χ1n) is 1.46. The van der Waals surface area contributed by atoms with E-state index in [9.17, 15) is 0 Å². The third kappa shape index (κ3) is 8.82. The maximum absolute atomic E-state index is 5.18. The van der Waals surface area contributed by atoms with Crippen LogP contribution in [0, 0.1) is 0 Å². The van der Waals surface area contributed by atoms with Gasteiger partial charge in [-0.05, 0) is 0 Å². The highest BCUT2D eigenvalue weighted by molar-refractivity contribution is 6.17. The molecule has 0 unspecified atom stereocenters. The molecule has 0 spiro atoms. The molecule has 6 heavy (non-hydrogen) atoms. The van der Waals surface area contributed by atoms with Crippen LogP contribution in [-0.4, -0.2) is 19.6 Å². The molecule has 0 aliphatic rings. The summed E-state index contributed by atoms with van der Waals surface area (Å²) in [5, 5.41) is 0. The van der Waals surface area contributed by atoms with Gasteiger partial charge in [-0.1, -0.05) is 0 Å². The SMILES string of the molecule is COCCCl.Cl. The van der Waals surface area contributed by atoms with E-state index in [1.807, 2.05) is 0 Å². The van der Waals surface area contributed by atoms with Gasteiger partial charge >= 0.3 is 0 Å². The summed E-state index contributed by atoms with van der Waals surface area (Å²) in [6, 6.07) is 0. The van der Waals surface area contributed by atoms with Gasteiger partial charge in [0.1, 0.15) is 0 Å². The smallest absolute Gasteiger partial charge is 0.0597 e. The largest absolute Gasteiger partial charge is 0.383 e. The van der Waals surface area contributed by atoms with Gasteiger partial charge in [-0.25, -0.2) is 0 Å². The van der Waals surface area contributed by atoms with Crippen molar-refractivity contribution in [1.82, 2.24) is 0 Å². The number of alkyl halides is 1. The van der Waals surface area contributed by atoms with Crippen molar-refractivity contribution >= 4 is 24.0 Å². The number of rotatable bonds is 2. The Hall–Kier alpha value is 0.540. The van der Waals surface area contributed by atoms with E-state index in [2.05, 4.69) is 4.74 Å². The molecule has 0 saturated heterocycles. The van der Waals surface area contributed by atoms with Crippen LogP contribution in [0.3, 0.4) is 0 Å². The van der Waals surface area contributed by atoms with Crippen molar-refractivity contribution in [3.63, 3.8) is 0 Å². The molecule has 40 valence electrons. The third-order valence-electron chi connectivity index (χ3n) is 0.281. The van der Waals surface area contributed by atoms with Gasteiger partial charge in [0.25, 0.3) is 0 Å². The molecule has 0 aromatic rings. The maximum Gasteiger partial charge on any atom is 0.0597 e. The second kappa shape index (κ2) is 9.11. The van der Waals surface area contributed by atoms with Crippen LogP contribution in [-0.2, 0) is 4.74 Å². The Balaban J connectivity index is 0. The van der Waals surface area contributed by atoms with Crippen molar-refractivity contribution < 1.29 is 4.74 Å². The lowest BCUT2D eigenvalue weighted by molar-refractivity contribution is 0.218. The van der Waals surface area contributed by atoms with Crippen molar-refractivity contribution in [1.29, 1.82) is 0 Å². The summed E-state index contributed by atoms with van der Waals surface area (Å²) >= 11 is 5.18. The highest BCUT2D eigenvalue weighted by atomic mass is 35.5. The van der Waals surface area contributed by atoms with E-state index in [0.29, 0.717) is 12.5 Å². The Morgan fingerprint density at radius 3 is 2.17 bits per heavy atom. The average Bonchev–Trinajstić information content (AvgIpc) is 1.41. The van der Waals surface area contributed by atoms with Gasteiger partial charge in [0.05, 0.1) is 6.61 Å². The van der Waals surface area contributed by atoms with Crippen LogP contribution in [0.15, 0.2) is 0 Å². The Bertz CT molecular complexity index is 16.3. The summed E-state index contributed by atoms with van der Waals surface area (Å²) < 4.78 is 4.56. The zero-order chi connectivity index (χ0) is 4.12. The van der Waals surface area contributed by atoms with Crippen molar-refractivity contribution in [2.45, 2.75) is 0 Å². The number of hydrogen-bond acceptors (Lipinski definition) is 1. The zero-order valence-electron chi connectivity index (χ0n) is 3.61. The highest BCUT2D eigenvalue weighted by Crippen LogP contribution is 1.70. The fourth-order valence-corrected chi connectivity index (χ4v) is 0.231. The molecule has 0 amide bonds. The summed E-state index contributed by atoms with van der Waals surface area (Å²) in [5.74, 6) is 0.594. The minimum Gasteiger partial charge on any atom is -0.383 e. The van der Waals surface area contributed by atoms with Crippen LogP contribution < -0.4 is 0 Å². The topological polar surface area (TPSA) is 9.23 Å². The van der Waals surface area contributed by atoms with Crippen LogP contribution in [0.1, 0.15) is 0 Å². The molecule has 1 nitrogen and oxygen atoms in total. The lowest BCUT2D eigenvalue weighted by Crippen LogP contribution is -1.85. The van der Waals surface area contributed by atoms with Crippen LogP contribution in [0.2, 0.25) is 0 Å². The first-order chi connectivity index (χ1) is 2.41. The molecule has 3 heteroatoms. The van der Waals surface area contributed by atoms with E-state index in [1.54, 1.807) is 7.11 Å². The molecule has 0 radical (unpaired) electrons. The third-order valence-corrected chi connectivity index (χ3v) is 0.436. The van der Waals surface area contributed by atoms with Crippen molar-refractivity contribution in [3.8, 4) is 0 Å². The molecule has 0 aromatic carbocycles. The van der Waals surface area contributed by atoms with Gasteiger partial charge in [0.2, 0.25) is 0 Å². The number of halogens is 2. The van der Waals surface area contributed by atoms with E-state index in [0.717, 1.165) is 0 Å². The molecular weight excluding hydrogens is 123 g/mol. The summed E-state index contributed by atoms with van der Waals surface area (Å²) in [4.78, 5) is 0. The van der Waals surface area contributed by atoms with Crippen LogP contribution >= 0.6 is 24.0 Å². The second-order valence-electron chi connectivity index (χ2n) is 0.682. The number of hydrogen-bond donors (Lipinski definition) is 0. The lowest BCUT2D eigenvalue weighted by atomic mass is 10.9. The Labute approximate surface area is 49.0 Å². The zero-order valence-corrected chi connectivity index (χ0v) is 5.18. The van der Waals surface area contributed by atoms with Crippen molar-refractivity contribution in [2.75, 3.05) is 19.6 Å². The molecule has 0 saturated carbocycles. The van der Waals surface area contributed by atoms with E-state index >= 15 is 0 Å². The minimum atomic E-state index is 0. The fraction of sp³-hybridized carbons (Fsp3) is 1.00.